The minimum absolute atomic E-state index is 0.198. The molecule has 1 heterocycles. The van der Waals surface area contributed by atoms with Crippen LogP contribution in [0.25, 0.3) is 0 Å². The lowest BCUT2D eigenvalue weighted by Gasteiger charge is -2.12. The fourth-order valence-corrected chi connectivity index (χ4v) is 2.09. The van der Waals surface area contributed by atoms with Gasteiger partial charge in [0.15, 0.2) is 0 Å². The summed E-state index contributed by atoms with van der Waals surface area (Å²) >= 11 is 0. The molecular weight excluding hydrogens is 242 g/mol. The molecule has 19 heavy (non-hydrogen) atoms. The van der Waals surface area contributed by atoms with E-state index in [4.69, 9.17) is 9.47 Å². The van der Waals surface area contributed by atoms with E-state index < -0.39 is 0 Å². The van der Waals surface area contributed by atoms with Crippen LogP contribution >= 0.6 is 0 Å². The van der Waals surface area contributed by atoms with Crippen LogP contribution in [0.1, 0.15) is 31.9 Å². The Labute approximate surface area is 114 Å². The summed E-state index contributed by atoms with van der Waals surface area (Å²) in [6.45, 7) is 7.37. The molecule has 1 aromatic carbocycles. The lowest BCUT2D eigenvalue weighted by Crippen LogP contribution is -2.26. The fourth-order valence-electron chi connectivity index (χ4n) is 2.09. The zero-order chi connectivity index (χ0) is 13.7. The van der Waals surface area contributed by atoms with E-state index in [1.54, 1.807) is 12.1 Å². The van der Waals surface area contributed by atoms with Gasteiger partial charge in [0.25, 0.3) is 0 Å². The standard InChI is InChI=1S/C15H23NO3/c1-11(2)5-7-18-8-6-16-14-10-19-15-9-12(17)3-4-13(14)15/h3-4,9,11,14,16-17H,5-8,10H2,1-2H3. The van der Waals surface area contributed by atoms with Crippen LogP contribution in [0.4, 0.5) is 0 Å². The van der Waals surface area contributed by atoms with Crippen LogP contribution in [0.2, 0.25) is 0 Å². The van der Waals surface area contributed by atoms with Gasteiger partial charge >= 0.3 is 0 Å². The number of phenols is 1. The second-order valence-electron chi connectivity index (χ2n) is 5.33. The van der Waals surface area contributed by atoms with Gasteiger partial charge in [-0.3, -0.25) is 0 Å². The van der Waals surface area contributed by atoms with Crippen molar-refractivity contribution in [3.63, 3.8) is 0 Å². The third-order valence-corrected chi connectivity index (χ3v) is 3.25. The smallest absolute Gasteiger partial charge is 0.127 e. The highest BCUT2D eigenvalue weighted by atomic mass is 16.5. The van der Waals surface area contributed by atoms with E-state index >= 15 is 0 Å². The minimum atomic E-state index is 0.198. The maximum Gasteiger partial charge on any atom is 0.127 e. The molecule has 2 N–H and O–H groups in total. The molecule has 106 valence electrons. The number of aromatic hydroxyl groups is 1. The van der Waals surface area contributed by atoms with Crippen LogP contribution in [0.5, 0.6) is 11.5 Å². The largest absolute Gasteiger partial charge is 0.508 e. The number of ether oxygens (including phenoxy) is 2. The van der Waals surface area contributed by atoms with Gasteiger partial charge in [0.05, 0.1) is 12.6 Å². The Hall–Kier alpha value is -1.26. The van der Waals surface area contributed by atoms with Crippen LogP contribution in [0.3, 0.4) is 0 Å². The molecule has 0 saturated heterocycles. The number of hydrogen-bond acceptors (Lipinski definition) is 4. The van der Waals surface area contributed by atoms with E-state index in [0.717, 1.165) is 37.5 Å². The minimum Gasteiger partial charge on any atom is -0.508 e. The second kappa shape index (κ2) is 6.78. The first-order chi connectivity index (χ1) is 9.16. The van der Waals surface area contributed by atoms with Gasteiger partial charge in [-0.1, -0.05) is 13.8 Å². The zero-order valence-corrected chi connectivity index (χ0v) is 11.7. The summed E-state index contributed by atoms with van der Waals surface area (Å²) in [5, 5.41) is 12.8. The Morgan fingerprint density at radius 3 is 3.05 bits per heavy atom. The summed E-state index contributed by atoms with van der Waals surface area (Å²) in [7, 11) is 0. The summed E-state index contributed by atoms with van der Waals surface area (Å²) in [6.07, 6.45) is 1.11. The van der Waals surface area contributed by atoms with Crippen LogP contribution in [-0.2, 0) is 4.74 Å². The van der Waals surface area contributed by atoms with Crippen LogP contribution in [0.15, 0.2) is 18.2 Å². The second-order valence-corrected chi connectivity index (χ2v) is 5.33. The molecule has 1 aliphatic rings. The van der Waals surface area contributed by atoms with Crippen molar-refractivity contribution in [3.8, 4) is 11.5 Å². The van der Waals surface area contributed by atoms with Crippen LogP contribution in [0, 0.1) is 5.92 Å². The van der Waals surface area contributed by atoms with Crippen molar-refractivity contribution in [2.24, 2.45) is 5.92 Å². The van der Waals surface area contributed by atoms with E-state index in [0.29, 0.717) is 12.5 Å². The predicted octanol–water partition coefficient (Wildman–Crippen LogP) is 2.48. The van der Waals surface area contributed by atoms with E-state index in [-0.39, 0.29) is 11.8 Å². The first-order valence-electron chi connectivity index (χ1n) is 6.93. The molecule has 0 spiro atoms. The molecule has 0 amide bonds. The van der Waals surface area contributed by atoms with Crippen molar-refractivity contribution in [1.82, 2.24) is 5.32 Å². The topological polar surface area (TPSA) is 50.7 Å². The Balaban J connectivity index is 1.69. The maximum atomic E-state index is 9.38. The Morgan fingerprint density at radius 1 is 1.42 bits per heavy atom. The molecule has 1 aliphatic heterocycles. The molecule has 4 heteroatoms. The molecule has 1 aromatic rings. The average molecular weight is 265 g/mol. The third-order valence-electron chi connectivity index (χ3n) is 3.25. The Kier molecular flexibility index (Phi) is 5.05. The number of phenolic OH excluding ortho intramolecular Hbond substituents is 1. The van der Waals surface area contributed by atoms with Gasteiger partial charge in [0.1, 0.15) is 18.1 Å². The molecule has 0 fully saturated rings. The fraction of sp³-hybridized carbons (Fsp3) is 0.600. The molecule has 0 aliphatic carbocycles. The predicted molar refractivity (Wildman–Crippen MR) is 74.6 cm³/mol. The number of hydrogen-bond donors (Lipinski definition) is 2. The van der Waals surface area contributed by atoms with E-state index in [9.17, 15) is 5.11 Å². The van der Waals surface area contributed by atoms with Crippen LogP contribution in [-0.4, -0.2) is 31.5 Å². The van der Waals surface area contributed by atoms with Gasteiger partial charge in [-0.15, -0.1) is 0 Å². The van der Waals surface area contributed by atoms with E-state index in [1.807, 2.05) is 6.07 Å². The summed E-state index contributed by atoms with van der Waals surface area (Å²) in [5.41, 5.74) is 1.11. The average Bonchev–Trinajstić information content (AvgIpc) is 2.75. The monoisotopic (exact) mass is 265 g/mol. The lowest BCUT2D eigenvalue weighted by molar-refractivity contribution is 0.122. The van der Waals surface area contributed by atoms with E-state index in [1.165, 1.54) is 0 Å². The lowest BCUT2D eigenvalue weighted by atomic mass is 10.1. The van der Waals surface area contributed by atoms with E-state index in [2.05, 4.69) is 19.2 Å². The maximum absolute atomic E-state index is 9.38. The Bertz CT molecular complexity index is 406. The number of benzene rings is 1. The highest BCUT2D eigenvalue weighted by Crippen LogP contribution is 2.34. The van der Waals surface area contributed by atoms with Gasteiger partial charge in [0, 0.05) is 24.8 Å². The van der Waals surface area contributed by atoms with Gasteiger partial charge in [-0.25, -0.2) is 0 Å². The summed E-state index contributed by atoms with van der Waals surface area (Å²) in [6, 6.07) is 5.47. The number of rotatable bonds is 7. The summed E-state index contributed by atoms with van der Waals surface area (Å²) in [5.74, 6) is 1.71. The SMILES string of the molecule is CC(C)CCOCCNC1COc2cc(O)ccc21. The Morgan fingerprint density at radius 2 is 2.26 bits per heavy atom. The van der Waals surface area contributed by atoms with Gasteiger partial charge in [0.2, 0.25) is 0 Å². The van der Waals surface area contributed by atoms with Crippen molar-refractivity contribution >= 4 is 0 Å². The van der Waals surface area contributed by atoms with Gasteiger partial charge < -0.3 is 19.9 Å². The zero-order valence-electron chi connectivity index (χ0n) is 11.7. The molecule has 4 nitrogen and oxygen atoms in total. The van der Waals surface area contributed by atoms with Crippen molar-refractivity contribution in [3.05, 3.63) is 23.8 Å². The van der Waals surface area contributed by atoms with Crippen molar-refractivity contribution in [2.45, 2.75) is 26.3 Å². The van der Waals surface area contributed by atoms with Crippen molar-refractivity contribution in [1.29, 1.82) is 0 Å². The number of fused-ring (bicyclic) bond motifs is 1. The molecular formula is C15H23NO3. The highest BCUT2D eigenvalue weighted by Gasteiger charge is 2.23. The molecule has 1 atom stereocenters. The highest BCUT2D eigenvalue weighted by molar-refractivity contribution is 5.44. The molecule has 0 radical (unpaired) electrons. The van der Waals surface area contributed by atoms with Crippen molar-refractivity contribution in [2.75, 3.05) is 26.4 Å². The summed E-state index contributed by atoms with van der Waals surface area (Å²) < 4.78 is 11.1. The molecule has 0 saturated carbocycles. The van der Waals surface area contributed by atoms with Gasteiger partial charge in [-0.05, 0) is 24.5 Å². The molecule has 0 aromatic heterocycles. The first-order valence-corrected chi connectivity index (χ1v) is 6.93. The molecule has 2 rings (SSSR count). The normalized spacial score (nSPS) is 17.5. The summed E-state index contributed by atoms with van der Waals surface area (Å²) in [4.78, 5) is 0. The van der Waals surface area contributed by atoms with Crippen LogP contribution < -0.4 is 10.1 Å². The first kappa shape index (κ1) is 14.2. The van der Waals surface area contributed by atoms with Crippen molar-refractivity contribution < 1.29 is 14.6 Å². The quantitative estimate of drug-likeness (QED) is 0.744. The molecule has 1 unspecified atom stereocenters. The molecule has 0 bridgehead atoms. The number of nitrogens with one attached hydrogen (secondary N) is 1. The van der Waals surface area contributed by atoms with Gasteiger partial charge in [-0.2, -0.15) is 0 Å². The third kappa shape index (κ3) is 4.11.